The molecule has 0 bridgehead atoms. The van der Waals surface area contributed by atoms with Gasteiger partial charge in [0.25, 0.3) is 0 Å². The van der Waals surface area contributed by atoms with E-state index in [0.29, 0.717) is 25.3 Å². The number of carbonyl (C=O) groups is 1. The molecule has 1 amide bonds. The average Bonchev–Trinajstić information content (AvgIpc) is 2.75. The van der Waals surface area contributed by atoms with Crippen molar-refractivity contribution < 1.29 is 9.90 Å². The van der Waals surface area contributed by atoms with Gasteiger partial charge in [0, 0.05) is 19.3 Å². The number of amides is 1. The van der Waals surface area contributed by atoms with Crippen LogP contribution in [0.1, 0.15) is 6.42 Å². The Hall–Kier alpha value is -1.56. The Morgan fingerprint density at radius 3 is 3.07 bits per heavy atom. The number of nitrogen functional groups attached to an aromatic ring is 1. The summed E-state index contributed by atoms with van der Waals surface area (Å²) in [6, 6.07) is 1.64. The normalized spacial score (nSPS) is 20.9. The number of aliphatic hydroxyl groups excluding tert-OH is 1. The van der Waals surface area contributed by atoms with E-state index >= 15 is 0 Å². The zero-order valence-electron chi connectivity index (χ0n) is 8.33. The maximum absolute atomic E-state index is 11.7. The molecule has 0 aliphatic carbocycles. The van der Waals surface area contributed by atoms with Crippen LogP contribution in [0.2, 0.25) is 0 Å². The van der Waals surface area contributed by atoms with Crippen LogP contribution in [0.15, 0.2) is 12.3 Å². The zero-order valence-corrected chi connectivity index (χ0v) is 8.33. The van der Waals surface area contributed by atoms with Crippen LogP contribution in [-0.4, -0.2) is 44.9 Å². The fraction of sp³-hybridized carbons (Fsp3) is 0.556. The molecule has 15 heavy (non-hydrogen) atoms. The van der Waals surface area contributed by atoms with E-state index in [0.717, 1.165) is 0 Å². The van der Waals surface area contributed by atoms with Crippen LogP contribution in [0.5, 0.6) is 0 Å². The second-order valence-electron chi connectivity index (χ2n) is 3.72. The van der Waals surface area contributed by atoms with E-state index in [1.54, 1.807) is 17.2 Å². The second kappa shape index (κ2) is 3.90. The van der Waals surface area contributed by atoms with Gasteiger partial charge in [0.05, 0.1) is 6.10 Å². The number of anilines is 1. The molecule has 1 fully saturated rings. The van der Waals surface area contributed by atoms with Gasteiger partial charge in [-0.1, -0.05) is 0 Å². The highest BCUT2D eigenvalue weighted by Gasteiger charge is 2.24. The summed E-state index contributed by atoms with van der Waals surface area (Å²) in [6.45, 7) is 1.23. The number of hydrogen-bond donors (Lipinski definition) is 2. The van der Waals surface area contributed by atoms with Crippen molar-refractivity contribution in [1.29, 1.82) is 0 Å². The van der Waals surface area contributed by atoms with E-state index in [-0.39, 0.29) is 18.6 Å². The third-order valence-electron chi connectivity index (χ3n) is 2.47. The van der Waals surface area contributed by atoms with Crippen LogP contribution in [0.4, 0.5) is 5.82 Å². The number of hydrogen-bond acceptors (Lipinski definition) is 4. The summed E-state index contributed by atoms with van der Waals surface area (Å²) in [5.74, 6) is 0.374. The molecule has 0 unspecified atom stereocenters. The first-order chi connectivity index (χ1) is 7.15. The van der Waals surface area contributed by atoms with Crippen LogP contribution in [0.25, 0.3) is 0 Å². The molecule has 0 aromatic carbocycles. The summed E-state index contributed by atoms with van der Waals surface area (Å²) < 4.78 is 1.50. The van der Waals surface area contributed by atoms with Crippen molar-refractivity contribution in [2.45, 2.75) is 19.1 Å². The standard InChI is InChI=1S/C9H14N4O2/c10-8-2-4-13(11-8)6-9(15)12-3-1-7(14)5-12/h2,4,7,14H,1,3,5-6H2,(H2,10,11)/t7-/m1/s1. The molecule has 0 radical (unpaired) electrons. The second-order valence-corrected chi connectivity index (χ2v) is 3.72. The minimum atomic E-state index is -0.378. The quantitative estimate of drug-likeness (QED) is 0.659. The number of likely N-dealkylation sites (tertiary alicyclic amines) is 1. The summed E-state index contributed by atoms with van der Waals surface area (Å²) in [5, 5.41) is 13.2. The van der Waals surface area contributed by atoms with Gasteiger partial charge in [0.15, 0.2) is 0 Å². The minimum Gasteiger partial charge on any atom is -0.391 e. The molecule has 3 N–H and O–H groups in total. The lowest BCUT2D eigenvalue weighted by Crippen LogP contribution is -2.32. The van der Waals surface area contributed by atoms with Crippen molar-refractivity contribution in [3.63, 3.8) is 0 Å². The number of aromatic nitrogens is 2. The van der Waals surface area contributed by atoms with Gasteiger partial charge < -0.3 is 15.7 Å². The number of nitrogens with zero attached hydrogens (tertiary/aromatic N) is 3. The predicted octanol–water partition coefficient (Wildman–Crippen LogP) is -0.942. The summed E-state index contributed by atoms with van der Waals surface area (Å²) in [4.78, 5) is 13.3. The Bertz CT molecular complexity index is 363. The molecule has 2 rings (SSSR count). The molecule has 6 nitrogen and oxygen atoms in total. The zero-order chi connectivity index (χ0) is 10.8. The summed E-state index contributed by atoms with van der Waals surface area (Å²) >= 11 is 0. The average molecular weight is 210 g/mol. The number of aliphatic hydroxyl groups is 1. The molecule has 1 atom stereocenters. The smallest absolute Gasteiger partial charge is 0.244 e. The monoisotopic (exact) mass is 210 g/mol. The lowest BCUT2D eigenvalue weighted by Gasteiger charge is -2.15. The lowest BCUT2D eigenvalue weighted by atomic mass is 10.3. The van der Waals surface area contributed by atoms with Crippen molar-refractivity contribution in [2.24, 2.45) is 0 Å². The molecule has 1 aromatic rings. The van der Waals surface area contributed by atoms with Crippen molar-refractivity contribution >= 4 is 11.7 Å². The van der Waals surface area contributed by atoms with Crippen molar-refractivity contribution in [3.8, 4) is 0 Å². The summed E-state index contributed by atoms with van der Waals surface area (Å²) in [6.07, 6.45) is 1.95. The third kappa shape index (κ3) is 2.27. The number of rotatable bonds is 2. The van der Waals surface area contributed by atoms with E-state index in [1.165, 1.54) is 4.68 Å². The maximum atomic E-state index is 11.7. The van der Waals surface area contributed by atoms with Crippen molar-refractivity contribution in [1.82, 2.24) is 14.7 Å². The molecule has 1 saturated heterocycles. The largest absolute Gasteiger partial charge is 0.391 e. The Balaban J connectivity index is 1.92. The molecule has 1 aliphatic heterocycles. The van der Waals surface area contributed by atoms with Gasteiger partial charge in [-0.15, -0.1) is 0 Å². The fourth-order valence-electron chi connectivity index (χ4n) is 1.67. The Kier molecular flexibility index (Phi) is 2.59. The molecular weight excluding hydrogens is 196 g/mol. The fourth-order valence-corrected chi connectivity index (χ4v) is 1.67. The first-order valence-corrected chi connectivity index (χ1v) is 4.90. The van der Waals surface area contributed by atoms with E-state index < -0.39 is 0 Å². The molecule has 0 spiro atoms. The number of β-amino-alcohol motifs (C(OH)–C–C–N with tert-alkyl or cyclic N) is 1. The number of nitrogens with two attached hydrogens (primary N) is 1. The Morgan fingerprint density at radius 1 is 1.73 bits per heavy atom. The molecule has 82 valence electrons. The van der Waals surface area contributed by atoms with E-state index in [2.05, 4.69) is 5.10 Å². The van der Waals surface area contributed by atoms with E-state index in [9.17, 15) is 9.90 Å². The van der Waals surface area contributed by atoms with Gasteiger partial charge in [-0.2, -0.15) is 5.10 Å². The van der Waals surface area contributed by atoms with Crippen LogP contribution in [-0.2, 0) is 11.3 Å². The van der Waals surface area contributed by atoms with Crippen molar-refractivity contribution in [3.05, 3.63) is 12.3 Å². The van der Waals surface area contributed by atoms with E-state index in [1.807, 2.05) is 0 Å². The van der Waals surface area contributed by atoms with Gasteiger partial charge >= 0.3 is 0 Å². The van der Waals surface area contributed by atoms with E-state index in [4.69, 9.17) is 5.73 Å². The van der Waals surface area contributed by atoms with Gasteiger partial charge in [-0.05, 0) is 12.5 Å². The van der Waals surface area contributed by atoms with Gasteiger partial charge in [-0.25, -0.2) is 0 Å². The van der Waals surface area contributed by atoms with Gasteiger partial charge in [-0.3, -0.25) is 9.48 Å². The van der Waals surface area contributed by atoms with Crippen LogP contribution < -0.4 is 5.73 Å². The first-order valence-electron chi connectivity index (χ1n) is 4.90. The minimum absolute atomic E-state index is 0.0327. The highest BCUT2D eigenvalue weighted by atomic mass is 16.3. The summed E-state index contributed by atoms with van der Waals surface area (Å²) in [5.41, 5.74) is 5.43. The SMILES string of the molecule is Nc1ccn(CC(=O)N2CC[C@@H](O)C2)n1. The van der Waals surface area contributed by atoms with Crippen LogP contribution >= 0.6 is 0 Å². The topological polar surface area (TPSA) is 84.4 Å². The van der Waals surface area contributed by atoms with Crippen LogP contribution in [0.3, 0.4) is 0 Å². The molecule has 2 heterocycles. The highest BCUT2D eigenvalue weighted by molar-refractivity contribution is 5.76. The predicted molar refractivity (Wildman–Crippen MR) is 53.8 cm³/mol. The first kappa shape index (κ1) is 9.97. The molecule has 1 aromatic heterocycles. The highest BCUT2D eigenvalue weighted by Crippen LogP contribution is 2.09. The third-order valence-corrected chi connectivity index (χ3v) is 2.47. The molecule has 0 saturated carbocycles. The van der Waals surface area contributed by atoms with Crippen molar-refractivity contribution in [2.75, 3.05) is 18.8 Å². The number of carbonyl (C=O) groups excluding carboxylic acids is 1. The van der Waals surface area contributed by atoms with Gasteiger partial charge in [0.2, 0.25) is 5.91 Å². The maximum Gasteiger partial charge on any atom is 0.244 e. The molecule has 6 heteroatoms. The Labute approximate surface area is 87.3 Å². The Morgan fingerprint density at radius 2 is 2.53 bits per heavy atom. The molecule has 1 aliphatic rings. The van der Waals surface area contributed by atoms with Gasteiger partial charge in [0.1, 0.15) is 12.4 Å². The molecular formula is C9H14N4O2. The summed E-state index contributed by atoms with van der Waals surface area (Å²) in [7, 11) is 0. The van der Waals surface area contributed by atoms with Crippen LogP contribution in [0, 0.1) is 0 Å². The lowest BCUT2D eigenvalue weighted by molar-refractivity contribution is -0.131.